The fourth-order valence-electron chi connectivity index (χ4n) is 2.37. The number of aliphatic hydroxyl groups excluding tert-OH is 1. The number of halogens is 1. The second kappa shape index (κ2) is 7.20. The molecule has 1 atom stereocenters. The number of hydrogen-bond acceptors (Lipinski definition) is 4. The van der Waals surface area contributed by atoms with Gasteiger partial charge in [0.1, 0.15) is 10.7 Å². The summed E-state index contributed by atoms with van der Waals surface area (Å²) >= 11 is 0. The van der Waals surface area contributed by atoms with Gasteiger partial charge in [-0.25, -0.2) is 17.5 Å². The number of aromatic nitrogens is 2. The van der Waals surface area contributed by atoms with E-state index in [1.807, 2.05) is 0 Å². The van der Waals surface area contributed by atoms with Crippen LogP contribution in [0, 0.1) is 18.7 Å². The average Bonchev–Trinajstić information content (AvgIpc) is 2.88. The summed E-state index contributed by atoms with van der Waals surface area (Å²) in [5, 5.41) is 13.5. The minimum atomic E-state index is -3.97. The van der Waals surface area contributed by atoms with Gasteiger partial charge < -0.3 is 5.11 Å². The molecule has 2 N–H and O–H groups in total. The predicted molar refractivity (Wildman–Crippen MR) is 83.8 cm³/mol. The molecule has 1 aromatic carbocycles. The lowest BCUT2D eigenvalue weighted by Crippen LogP contribution is -2.32. The van der Waals surface area contributed by atoms with Crippen molar-refractivity contribution in [1.29, 1.82) is 0 Å². The Morgan fingerprint density at radius 1 is 1.43 bits per heavy atom. The molecule has 2 rings (SSSR count). The topological polar surface area (TPSA) is 84.2 Å². The number of nitrogens with zero attached hydrogens (tertiary/aromatic N) is 2. The lowest BCUT2D eigenvalue weighted by atomic mass is 10.0. The summed E-state index contributed by atoms with van der Waals surface area (Å²) in [5.41, 5.74) is 1.23. The molecule has 0 radical (unpaired) electrons. The summed E-state index contributed by atoms with van der Waals surface area (Å²) in [5.74, 6) is -1.11. The number of benzene rings is 1. The van der Waals surface area contributed by atoms with Gasteiger partial charge in [-0.1, -0.05) is 12.1 Å². The molecule has 0 fully saturated rings. The van der Waals surface area contributed by atoms with Gasteiger partial charge in [0.05, 0.1) is 6.20 Å². The van der Waals surface area contributed by atoms with Crippen LogP contribution in [-0.2, 0) is 23.5 Å². The third-order valence-electron chi connectivity index (χ3n) is 3.54. The number of nitrogens with one attached hydrogen (secondary N) is 1. The van der Waals surface area contributed by atoms with Gasteiger partial charge in [-0.15, -0.1) is 0 Å². The number of aliphatic hydroxyl groups is 1. The highest BCUT2D eigenvalue weighted by Crippen LogP contribution is 2.19. The van der Waals surface area contributed by atoms with E-state index in [0.717, 1.165) is 11.6 Å². The summed E-state index contributed by atoms with van der Waals surface area (Å²) < 4.78 is 42.4. The van der Waals surface area contributed by atoms with Crippen LogP contribution in [0.5, 0.6) is 0 Å². The maximum atomic E-state index is 13.8. The van der Waals surface area contributed by atoms with Crippen molar-refractivity contribution in [2.45, 2.75) is 18.2 Å². The Morgan fingerprint density at radius 3 is 2.74 bits per heavy atom. The van der Waals surface area contributed by atoms with E-state index in [1.165, 1.54) is 19.1 Å². The van der Waals surface area contributed by atoms with Crippen molar-refractivity contribution in [3.8, 4) is 0 Å². The molecule has 0 bridgehead atoms. The number of rotatable bonds is 7. The Balaban J connectivity index is 2.08. The molecule has 0 unspecified atom stereocenters. The highest BCUT2D eigenvalue weighted by molar-refractivity contribution is 7.89. The van der Waals surface area contributed by atoms with Gasteiger partial charge in [-0.3, -0.25) is 4.68 Å². The largest absolute Gasteiger partial charge is 0.396 e. The molecule has 126 valence electrons. The zero-order valence-electron chi connectivity index (χ0n) is 13.0. The quantitative estimate of drug-likeness (QED) is 0.787. The second-order valence-electron chi connectivity index (χ2n) is 5.51. The van der Waals surface area contributed by atoms with Crippen LogP contribution in [0.15, 0.2) is 35.5 Å². The first-order chi connectivity index (χ1) is 10.8. The third kappa shape index (κ3) is 4.37. The molecule has 8 heteroatoms. The molecule has 2 aromatic rings. The van der Waals surface area contributed by atoms with Crippen molar-refractivity contribution in [3.05, 3.63) is 47.5 Å². The monoisotopic (exact) mass is 341 g/mol. The van der Waals surface area contributed by atoms with Gasteiger partial charge in [0.15, 0.2) is 0 Å². The molecular weight excluding hydrogens is 321 g/mol. The minimum Gasteiger partial charge on any atom is -0.396 e. The maximum Gasteiger partial charge on any atom is 0.243 e. The lowest BCUT2D eigenvalue weighted by Gasteiger charge is -2.15. The summed E-state index contributed by atoms with van der Waals surface area (Å²) in [7, 11) is -2.19. The summed E-state index contributed by atoms with van der Waals surface area (Å²) in [6, 6.07) is 4.11. The third-order valence-corrected chi connectivity index (χ3v) is 5.14. The smallest absolute Gasteiger partial charge is 0.243 e. The van der Waals surface area contributed by atoms with Crippen LogP contribution in [0.4, 0.5) is 4.39 Å². The van der Waals surface area contributed by atoms with E-state index in [0.29, 0.717) is 12.0 Å². The molecule has 0 aliphatic heterocycles. The van der Waals surface area contributed by atoms with Crippen molar-refractivity contribution in [1.82, 2.24) is 14.5 Å². The summed E-state index contributed by atoms with van der Waals surface area (Å²) in [6.07, 6.45) is 3.94. The first-order valence-corrected chi connectivity index (χ1v) is 8.65. The van der Waals surface area contributed by atoms with E-state index in [9.17, 15) is 17.9 Å². The highest BCUT2D eigenvalue weighted by atomic mass is 32.2. The first kappa shape index (κ1) is 17.6. The molecule has 0 amide bonds. The highest BCUT2D eigenvalue weighted by Gasteiger charge is 2.22. The standard InChI is InChI=1S/C15H20FN3O3S/c1-11-4-3-5-14(16)15(11)23(21,22)18-8-13(10-20)6-12-7-17-19(2)9-12/h3-5,7,9,13,18,20H,6,8,10H2,1-2H3/t13-/m1/s1. The minimum absolute atomic E-state index is 0.0154. The Hall–Kier alpha value is -1.77. The van der Waals surface area contributed by atoms with E-state index < -0.39 is 15.8 Å². The Kier molecular flexibility index (Phi) is 5.51. The van der Waals surface area contributed by atoms with Gasteiger partial charge in [-0.2, -0.15) is 5.10 Å². The molecule has 0 saturated carbocycles. The molecule has 6 nitrogen and oxygen atoms in total. The molecule has 0 aliphatic carbocycles. The van der Waals surface area contributed by atoms with Crippen LogP contribution in [0.3, 0.4) is 0 Å². The fourth-order valence-corrected chi connectivity index (χ4v) is 3.78. The van der Waals surface area contributed by atoms with Crippen LogP contribution in [0.2, 0.25) is 0 Å². The maximum absolute atomic E-state index is 13.8. The van der Waals surface area contributed by atoms with Gasteiger partial charge in [-0.05, 0) is 36.5 Å². The fraction of sp³-hybridized carbons (Fsp3) is 0.400. The van der Waals surface area contributed by atoms with Crippen LogP contribution in [-0.4, -0.2) is 36.5 Å². The van der Waals surface area contributed by atoms with Crippen LogP contribution in [0.25, 0.3) is 0 Å². The first-order valence-electron chi connectivity index (χ1n) is 7.16. The van der Waals surface area contributed by atoms with E-state index >= 15 is 0 Å². The van der Waals surface area contributed by atoms with E-state index in [-0.39, 0.29) is 24.0 Å². The van der Waals surface area contributed by atoms with Crippen molar-refractivity contribution < 1.29 is 17.9 Å². The molecule has 0 spiro atoms. The van der Waals surface area contributed by atoms with Gasteiger partial charge in [0, 0.05) is 26.4 Å². The van der Waals surface area contributed by atoms with Crippen LogP contribution < -0.4 is 4.72 Å². The second-order valence-corrected chi connectivity index (χ2v) is 7.22. The van der Waals surface area contributed by atoms with Gasteiger partial charge in [0.25, 0.3) is 0 Å². The van der Waals surface area contributed by atoms with E-state index in [1.54, 1.807) is 24.1 Å². The van der Waals surface area contributed by atoms with Gasteiger partial charge in [0.2, 0.25) is 10.0 Å². The molecular formula is C15H20FN3O3S. The van der Waals surface area contributed by atoms with Crippen molar-refractivity contribution in [3.63, 3.8) is 0 Å². The molecule has 0 aliphatic rings. The molecule has 0 saturated heterocycles. The Morgan fingerprint density at radius 2 is 2.17 bits per heavy atom. The molecule has 23 heavy (non-hydrogen) atoms. The van der Waals surface area contributed by atoms with E-state index in [4.69, 9.17) is 0 Å². The number of sulfonamides is 1. The number of hydrogen-bond donors (Lipinski definition) is 2. The normalized spacial score (nSPS) is 13.2. The Bertz CT molecular complexity index is 754. The van der Waals surface area contributed by atoms with Crippen LogP contribution in [0.1, 0.15) is 11.1 Å². The summed E-state index contributed by atoms with van der Waals surface area (Å²) in [4.78, 5) is -0.349. The van der Waals surface area contributed by atoms with Gasteiger partial charge >= 0.3 is 0 Å². The summed E-state index contributed by atoms with van der Waals surface area (Å²) in [6.45, 7) is 1.37. The van der Waals surface area contributed by atoms with Crippen molar-refractivity contribution >= 4 is 10.0 Å². The van der Waals surface area contributed by atoms with Crippen molar-refractivity contribution in [2.75, 3.05) is 13.2 Å². The SMILES string of the molecule is Cc1cccc(F)c1S(=O)(=O)NC[C@H](CO)Cc1cnn(C)c1. The lowest BCUT2D eigenvalue weighted by molar-refractivity contribution is 0.227. The zero-order valence-corrected chi connectivity index (χ0v) is 13.8. The van der Waals surface area contributed by atoms with Crippen LogP contribution >= 0.6 is 0 Å². The van der Waals surface area contributed by atoms with Crippen molar-refractivity contribution in [2.24, 2.45) is 13.0 Å². The average molecular weight is 341 g/mol. The Labute approximate surface area is 135 Å². The van der Waals surface area contributed by atoms with E-state index in [2.05, 4.69) is 9.82 Å². The predicted octanol–water partition coefficient (Wildman–Crippen LogP) is 0.997. The molecule has 1 heterocycles. The molecule has 1 aromatic heterocycles. The number of aryl methyl sites for hydroxylation is 2. The zero-order chi connectivity index (χ0) is 17.0.